The van der Waals surface area contributed by atoms with Gasteiger partial charge in [0.05, 0.1) is 0 Å². The number of rotatable bonds is 5. The van der Waals surface area contributed by atoms with Gasteiger partial charge in [0.25, 0.3) is 0 Å². The summed E-state index contributed by atoms with van der Waals surface area (Å²) in [4.78, 5) is 6.92. The summed E-state index contributed by atoms with van der Waals surface area (Å²) in [5.74, 6) is 1.67. The van der Waals surface area contributed by atoms with Gasteiger partial charge in [0.2, 0.25) is 0 Å². The first kappa shape index (κ1) is 18.0. The van der Waals surface area contributed by atoms with Crippen LogP contribution in [0.2, 0.25) is 0 Å². The maximum Gasteiger partial charge on any atom is 0.191 e. The number of aliphatic imine (C=N–C) groups is 1. The van der Waals surface area contributed by atoms with Crippen LogP contribution in [0.1, 0.15) is 45.4 Å². The summed E-state index contributed by atoms with van der Waals surface area (Å²) >= 11 is 0. The number of hydrogen-bond donors (Lipinski definition) is 2. The van der Waals surface area contributed by atoms with Gasteiger partial charge in [-0.1, -0.05) is 19.8 Å². The molecule has 0 aromatic carbocycles. The standard InChI is InChI=1S/C15H30N4.HI/c1-13(12-19-9-5-6-10-19)11-17-15(16-2)18-14-7-3-4-8-14;/h13-14H,3-12H2,1-2H3,(H2,16,17,18);1H. The van der Waals surface area contributed by atoms with Crippen molar-refractivity contribution in [3.63, 3.8) is 0 Å². The van der Waals surface area contributed by atoms with Gasteiger partial charge < -0.3 is 15.5 Å². The largest absolute Gasteiger partial charge is 0.356 e. The van der Waals surface area contributed by atoms with Gasteiger partial charge in [0.15, 0.2) is 5.96 Å². The first-order valence-electron chi connectivity index (χ1n) is 7.97. The van der Waals surface area contributed by atoms with E-state index in [-0.39, 0.29) is 24.0 Å². The molecule has 0 bridgehead atoms. The lowest BCUT2D eigenvalue weighted by atomic mass is 10.1. The molecule has 2 rings (SSSR count). The van der Waals surface area contributed by atoms with E-state index in [1.807, 2.05) is 7.05 Å². The first-order chi connectivity index (χ1) is 9.28. The van der Waals surface area contributed by atoms with Crippen molar-refractivity contribution in [3.05, 3.63) is 0 Å². The molecule has 0 aromatic rings. The van der Waals surface area contributed by atoms with Crippen LogP contribution in [-0.2, 0) is 0 Å². The topological polar surface area (TPSA) is 39.7 Å². The molecule has 2 N–H and O–H groups in total. The lowest BCUT2D eigenvalue weighted by Crippen LogP contribution is -2.44. The molecule has 2 fully saturated rings. The molecule has 0 amide bonds. The molecular formula is C15H31IN4. The van der Waals surface area contributed by atoms with Crippen molar-refractivity contribution in [1.82, 2.24) is 15.5 Å². The molecule has 1 unspecified atom stereocenters. The van der Waals surface area contributed by atoms with E-state index in [0.29, 0.717) is 12.0 Å². The number of hydrogen-bond acceptors (Lipinski definition) is 2. The summed E-state index contributed by atoms with van der Waals surface area (Å²) in [6, 6.07) is 0.639. The second-order valence-electron chi connectivity index (χ2n) is 6.19. The zero-order valence-corrected chi connectivity index (χ0v) is 15.4. The summed E-state index contributed by atoms with van der Waals surface area (Å²) in [6.07, 6.45) is 8.07. The van der Waals surface area contributed by atoms with Crippen LogP contribution in [0.4, 0.5) is 0 Å². The molecule has 1 aliphatic heterocycles. The number of guanidine groups is 1. The molecule has 1 aliphatic carbocycles. The second kappa shape index (κ2) is 9.82. The van der Waals surface area contributed by atoms with E-state index in [0.717, 1.165) is 12.5 Å². The first-order valence-corrected chi connectivity index (χ1v) is 7.97. The second-order valence-corrected chi connectivity index (χ2v) is 6.19. The SMILES string of the molecule is CN=C(NCC(C)CN1CCCC1)NC1CCCC1.I. The quantitative estimate of drug-likeness (QED) is 0.428. The normalized spacial score (nSPS) is 22.6. The minimum Gasteiger partial charge on any atom is -0.356 e. The van der Waals surface area contributed by atoms with Crippen LogP contribution in [0.25, 0.3) is 0 Å². The Labute approximate surface area is 141 Å². The summed E-state index contributed by atoms with van der Waals surface area (Å²) in [6.45, 7) is 7.14. The third-order valence-corrected chi connectivity index (χ3v) is 4.31. The fourth-order valence-corrected chi connectivity index (χ4v) is 3.20. The molecule has 1 atom stereocenters. The maximum atomic E-state index is 4.34. The Morgan fingerprint density at radius 2 is 1.85 bits per heavy atom. The molecular weight excluding hydrogens is 363 g/mol. The van der Waals surface area contributed by atoms with Crippen molar-refractivity contribution in [3.8, 4) is 0 Å². The number of nitrogens with zero attached hydrogens (tertiary/aromatic N) is 2. The van der Waals surface area contributed by atoms with Crippen molar-refractivity contribution in [1.29, 1.82) is 0 Å². The Kier molecular flexibility index (Phi) is 8.84. The van der Waals surface area contributed by atoms with Crippen molar-refractivity contribution in [2.24, 2.45) is 10.9 Å². The average Bonchev–Trinajstić information content (AvgIpc) is 3.07. The molecule has 4 nitrogen and oxygen atoms in total. The highest BCUT2D eigenvalue weighted by Crippen LogP contribution is 2.17. The lowest BCUT2D eigenvalue weighted by molar-refractivity contribution is 0.287. The molecule has 5 heteroatoms. The summed E-state index contributed by atoms with van der Waals surface area (Å²) < 4.78 is 0. The van der Waals surface area contributed by atoms with E-state index in [1.54, 1.807) is 0 Å². The molecule has 2 aliphatic rings. The smallest absolute Gasteiger partial charge is 0.191 e. The zero-order valence-electron chi connectivity index (χ0n) is 13.0. The Morgan fingerprint density at radius 3 is 2.45 bits per heavy atom. The van der Waals surface area contributed by atoms with Crippen LogP contribution in [0, 0.1) is 5.92 Å². The molecule has 0 spiro atoms. The highest BCUT2D eigenvalue weighted by atomic mass is 127. The van der Waals surface area contributed by atoms with Gasteiger partial charge >= 0.3 is 0 Å². The van der Waals surface area contributed by atoms with E-state index in [9.17, 15) is 0 Å². The highest BCUT2D eigenvalue weighted by Gasteiger charge is 2.17. The zero-order chi connectivity index (χ0) is 13.5. The van der Waals surface area contributed by atoms with Gasteiger partial charge in [-0.05, 0) is 44.7 Å². The molecule has 20 heavy (non-hydrogen) atoms. The summed E-state index contributed by atoms with van der Waals surface area (Å²) in [5.41, 5.74) is 0. The summed E-state index contributed by atoms with van der Waals surface area (Å²) in [5, 5.41) is 7.02. The predicted molar refractivity (Wildman–Crippen MR) is 97.0 cm³/mol. The Hall–Kier alpha value is -0.0400. The number of halogens is 1. The molecule has 1 saturated carbocycles. The Balaban J connectivity index is 0.00000200. The third kappa shape index (κ3) is 6.16. The Morgan fingerprint density at radius 1 is 1.20 bits per heavy atom. The molecule has 0 radical (unpaired) electrons. The van der Waals surface area contributed by atoms with Crippen LogP contribution in [-0.4, -0.2) is 50.1 Å². The van der Waals surface area contributed by atoms with Crippen molar-refractivity contribution < 1.29 is 0 Å². The van der Waals surface area contributed by atoms with Gasteiger partial charge in [-0.15, -0.1) is 24.0 Å². The van der Waals surface area contributed by atoms with Gasteiger partial charge in [-0.2, -0.15) is 0 Å². The molecule has 1 heterocycles. The summed E-state index contributed by atoms with van der Waals surface area (Å²) in [7, 11) is 1.87. The molecule has 0 aromatic heterocycles. The maximum absolute atomic E-state index is 4.34. The van der Waals surface area contributed by atoms with E-state index in [1.165, 1.54) is 58.2 Å². The minimum atomic E-state index is 0. The molecule has 1 saturated heterocycles. The fourth-order valence-electron chi connectivity index (χ4n) is 3.20. The van der Waals surface area contributed by atoms with Crippen molar-refractivity contribution >= 4 is 29.9 Å². The van der Waals surface area contributed by atoms with Crippen LogP contribution >= 0.6 is 24.0 Å². The lowest BCUT2D eigenvalue weighted by Gasteiger charge is -2.22. The van der Waals surface area contributed by atoms with E-state index in [2.05, 4.69) is 27.4 Å². The third-order valence-electron chi connectivity index (χ3n) is 4.31. The minimum absolute atomic E-state index is 0. The number of nitrogens with one attached hydrogen (secondary N) is 2. The number of likely N-dealkylation sites (tertiary alicyclic amines) is 1. The van der Waals surface area contributed by atoms with Crippen LogP contribution < -0.4 is 10.6 Å². The van der Waals surface area contributed by atoms with E-state index < -0.39 is 0 Å². The van der Waals surface area contributed by atoms with Gasteiger partial charge in [0.1, 0.15) is 0 Å². The van der Waals surface area contributed by atoms with Crippen LogP contribution in [0.5, 0.6) is 0 Å². The van der Waals surface area contributed by atoms with Gasteiger partial charge in [-0.25, -0.2) is 0 Å². The highest BCUT2D eigenvalue weighted by molar-refractivity contribution is 14.0. The monoisotopic (exact) mass is 394 g/mol. The average molecular weight is 394 g/mol. The predicted octanol–water partition coefficient (Wildman–Crippen LogP) is 2.44. The Bertz CT molecular complexity index is 284. The van der Waals surface area contributed by atoms with Crippen molar-refractivity contribution in [2.75, 3.05) is 33.2 Å². The molecule has 118 valence electrons. The van der Waals surface area contributed by atoms with E-state index in [4.69, 9.17) is 0 Å². The van der Waals surface area contributed by atoms with Crippen LogP contribution in [0.15, 0.2) is 4.99 Å². The van der Waals surface area contributed by atoms with Gasteiger partial charge in [-0.3, -0.25) is 4.99 Å². The fraction of sp³-hybridized carbons (Fsp3) is 0.933. The van der Waals surface area contributed by atoms with E-state index >= 15 is 0 Å². The van der Waals surface area contributed by atoms with Crippen molar-refractivity contribution in [2.45, 2.75) is 51.5 Å². The van der Waals surface area contributed by atoms with Gasteiger partial charge in [0, 0.05) is 26.2 Å². The van der Waals surface area contributed by atoms with Crippen LogP contribution in [0.3, 0.4) is 0 Å².